The fourth-order valence-corrected chi connectivity index (χ4v) is 3.50. The maximum absolute atomic E-state index is 12.6. The third kappa shape index (κ3) is 2.92. The Bertz CT molecular complexity index is 697. The molecule has 1 amide bonds. The van der Waals surface area contributed by atoms with Gasteiger partial charge in [-0.25, -0.2) is 0 Å². The van der Waals surface area contributed by atoms with Crippen LogP contribution in [-0.2, 0) is 13.0 Å². The van der Waals surface area contributed by atoms with Gasteiger partial charge < -0.3 is 10.6 Å². The highest BCUT2D eigenvalue weighted by molar-refractivity contribution is 9.10. The Hall–Kier alpha value is -1.52. The Balaban J connectivity index is 1.89. The van der Waals surface area contributed by atoms with Crippen LogP contribution in [0.1, 0.15) is 21.5 Å². The zero-order valence-corrected chi connectivity index (χ0v) is 13.6. The van der Waals surface area contributed by atoms with Crippen molar-refractivity contribution in [1.29, 1.82) is 0 Å². The number of amides is 1. The van der Waals surface area contributed by atoms with Crippen molar-refractivity contribution in [3.05, 3.63) is 62.6 Å². The van der Waals surface area contributed by atoms with E-state index >= 15 is 0 Å². The number of carbonyl (C=O) groups is 1. The molecule has 1 aliphatic rings. The van der Waals surface area contributed by atoms with Gasteiger partial charge in [-0.05, 0) is 41.8 Å². The first-order chi connectivity index (χ1) is 10.0. The third-order valence-electron chi connectivity index (χ3n) is 3.71. The highest BCUT2D eigenvalue weighted by atomic mass is 79.9. The van der Waals surface area contributed by atoms with Gasteiger partial charge in [0.1, 0.15) is 0 Å². The molecule has 0 atom stereocenters. The van der Waals surface area contributed by atoms with E-state index in [2.05, 4.69) is 22.0 Å². The van der Waals surface area contributed by atoms with Crippen LogP contribution in [0.5, 0.6) is 0 Å². The number of benzene rings is 2. The van der Waals surface area contributed by atoms with Gasteiger partial charge in [-0.15, -0.1) is 0 Å². The molecule has 108 valence electrons. The summed E-state index contributed by atoms with van der Waals surface area (Å²) in [5.41, 5.74) is 9.64. The monoisotopic (exact) mass is 364 g/mol. The number of nitrogens with two attached hydrogens (primary N) is 1. The minimum atomic E-state index is -0.0212. The predicted molar refractivity (Wildman–Crippen MR) is 88.5 cm³/mol. The number of nitrogen functional groups attached to an aromatic ring is 1. The van der Waals surface area contributed by atoms with E-state index in [1.54, 1.807) is 18.2 Å². The zero-order valence-electron chi connectivity index (χ0n) is 11.3. The minimum Gasteiger partial charge on any atom is -0.398 e. The summed E-state index contributed by atoms with van der Waals surface area (Å²) in [5.74, 6) is -0.0212. The Morgan fingerprint density at radius 2 is 2.10 bits per heavy atom. The molecule has 3 nitrogen and oxygen atoms in total. The third-order valence-corrected chi connectivity index (χ3v) is 4.38. The molecule has 0 radical (unpaired) electrons. The van der Waals surface area contributed by atoms with Crippen LogP contribution in [0.15, 0.2) is 40.9 Å². The van der Waals surface area contributed by atoms with Crippen molar-refractivity contribution in [3.63, 3.8) is 0 Å². The largest absolute Gasteiger partial charge is 0.398 e. The van der Waals surface area contributed by atoms with Crippen molar-refractivity contribution in [2.45, 2.75) is 13.0 Å². The Kier molecular flexibility index (Phi) is 3.91. The summed E-state index contributed by atoms with van der Waals surface area (Å²) < 4.78 is 0.801. The van der Waals surface area contributed by atoms with Crippen LogP contribution in [0.4, 0.5) is 5.69 Å². The Labute approximate surface area is 136 Å². The molecule has 1 heterocycles. The smallest absolute Gasteiger partial charge is 0.254 e. The van der Waals surface area contributed by atoms with Crippen LogP contribution in [-0.4, -0.2) is 17.4 Å². The molecule has 1 aliphatic heterocycles. The number of carbonyl (C=O) groups excluding carboxylic acids is 1. The van der Waals surface area contributed by atoms with Gasteiger partial charge in [0, 0.05) is 33.8 Å². The molecular formula is C16H14BrClN2O. The summed E-state index contributed by atoms with van der Waals surface area (Å²) >= 11 is 9.39. The topological polar surface area (TPSA) is 46.3 Å². The van der Waals surface area contributed by atoms with Crippen LogP contribution < -0.4 is 5.73 Å². The molecule has 0 unspecified atom stereocenters. The summed E-state index contributed by atoms with van der Waals surface area (Å²) in [6.07, 6.45) is 0.827. The molecule has 0 aliphatic carbocycles. The molecule has 0 bridgehead atoms. The number of rotatable bonds is 1. The first-order valence-electron chi connectivity index (χ1n) is 6.66. The van der Waals surface area contributed by atoms with Crippen LogP contribution >= 0.6 is 27.5 Å². The molecular weight excluding hydrogens is 352 g/mol. The zero-order chi connectivity index (χ0) is 15.0. The summed E-state index contributed by atoms with van der Waals surface area (Å²) in [6, 6.07) is 11.2. The SMILES string of the molecule is Nc1cccc2c1CN(C(=O)c1cc(Cl)cc(Br)c1)CC2. The molecule has 0 spiro atoms. The normalized spacial score (nSPS) is 13.9. The molecule has 0 fully saturated rings. The number of hydrogen-bond donors (Lipinski definition) is 1. The molecule has 0 saturated carbocycles. The summed E-state index contributed by atoms with van der Waals surface area (Å²) in [6.45, 7) is 1.24. The summed E-state index contributed by atoms with van der Waals surface area (Å²) in [5, 5.41) is 0.546. The fraction of sp³-hybridized carbons (Fsp3) is 0.188. The minimum absolute atomic E-state index is 0.0212. The quantitative estimate of drug-likeness (QED) is 0.780. The first-order valence-corrected chi connectivity index (χ1v) is 7.83. The van der Waals surface area contributed by atoms with Crippen LogP contribution in [0.3, 0.4) is 0 Å². The number of anilines is 1. The van der Waals surface area contributed by atoms with Crippen molar-refractivity contribution in [2.75, 3.05) is 12.3 Å². The van der Waals surface area contributed by atoms with E-state index in [1.165, 1.54) is 5.56 Å². The van der Waals surface area contributed by atoms with Crippen LogP contribution in [0.2, 0.25) is 5.02 Å². The lowest BCUT2D eigenvalue weighted by molar-refractivity contribution is 0.0735. The molecule has 0 aromatic heterocycles. The van der Waals surface area contributed by atoms with Gasteiger partial charge in [0.2, 0.25) is 0 Å². The summed E-state index contributed by atoms with van der Waals surface area (Å²) in [7, 11) is 0. The van der Waals surface area contributed by atoms with Gasteiger partial charge in [-0.3, -0.25) is 4.79 Å². The van der Waals surface area contributed by atoms with Gasteiger partial charge in [0.25, 0.3) is 5.91 Å². The highest BCUT2D eigenvalue weighted by Crippen LogP contribution is 2.26. The molecule has 2 aromatic rings. The maximum atomic E-state index is 12.6. The fourth-order valence-electron chi connectivity index (χ4n) is 2.64. The highest BCUT2D eigenvalue weighted by Gasteiger charge is 2.23. The number of halogens is 2. The van der Waals surface area contributed by atoms with E-state index < -0.39 is 0 Å². The van der Waals surface area contributed by atoms with Crippen molar-refractivity contribution < 1.29 is 4.79 Å². The predicted octanol–water partition coefficient (Wildman–Crippen LogP) is 3.88. The number of nitrogens with zero attached hydrogens (tertiary/aromatic N) is 1. The van der Waals surface area contributed by atoms with Crippen molar-refractivity contribution >= 4 is 39.1 Å². The standard InChI is InChI=1S/C16H14BrClN2O/c17-12-6-11(7-13(18)8-12)16(21)20-5-4-10-2-1-3-15(19)14(10)9-20/h1-3,6-8H,4-5,9,19H2. The number of fused-ring (bicyclic) bond motifs is 1. The van der Waals surface area contributed by atoms with E-state index in [-0.39, 0.29) is 5.91 Å². The average molecular weight is 366 g/mol. The average Bonchev–Trinajstić information content (AvgIpc) is 2.45. The van der Waals surface area contributed by atoms with Gasteiger partial charge in [-0.2, -0.15) is 0 Å². The van der Waals surface area contributed by atoms with E-state index in [0.29, 0.717) is 23.7 Å². The molecule has 3 rings (SSSR count). The van der Waals surface area contributed by atoms with E-state index in [0.717, 1.165) is 22.1 Å². The van der Waals surface area contributed by atoms with E-state index in [9.17, 15) is 4.79 Å². The molecule has 21 heavy (non-hydrogen) atoms. The molecule has 5 heteroatoms. The Morgan fingerprint density at radius 1 is 1.29 bits per heavy atom. The van der Waals surface area contributed by atoms with Crippen molar-refractivity contribution in [2.24, 2.45) is 0 Å². The lowest BCUT2D eigenvalue weighted by atomic mass is 9.97. The second-order valence-corrected chi connectivity index (χ2v) is 6.47. The van der Waals surface area contributed by atoms with Crippen molar-refractivity contribution in [1.82, 2.24) is 4.90 Å². The van der Waals surface area contributed by atoms with E-state index in [4.69, 9.17) is 17.3 Å². The molecule has 2 N–H and O–H groups in total. The lowest BCUT2D eigenvalue weighted by Gasteiger charge is -2.30. The second-order valence-electron chi connectivity index (χ2n) is 5.12. The summed E-state index contributed by atoms with van der Waals surface area (Å²) in [4.78, 5) is 14.4. The molecule has 2 aromatic carbocycles. The van der Waals surface area contributed by atoms with Crippen LogP contribution in [0.25, 0.3) is 0 Å². The number of hydrogen-bond acceptors (Lipinski definition) is 2. The van der Waals surface area contributed by atoms with Gasteiger partial charge >= 0.3 is 0 Å². The Morgan fingerprint density at radius 3 is 2.86 bits per heavy atom. The van der Waals surface area contributed by atoms with Crippen molar-refractivity contribution in [3.8, 4) is 0 Å². The van der Waals surface area contributed by atoms with Crippen LogP contribution in [0, 0.1) is 0 Å². The molecule has 0 saturated heterocycles. The van der Waals surface area contributed by atoms with E-state index in [1.807, 2.05) is 17.0 Å². The first kappa shape index (κ1) is 14.4. The second kappa shape index (κ2) is 5.70. The van der Waals surface area contributed by atoms with Gasteiger partial charge in [0.05, 0.1) is 0 Å². The lowest BCUT2D eigenvalue weighted by Crippen LogP contribution is -2.36. The van der Waals surface area contributed by atoms with Gasteiger partial charge in [0.15, 0.2) is 0 Å². The maximum Gasteiger partial charge on any atom is 0.254 e. The van der Waals surface area contributed by atoms with Gasteiger partial charge in [-0.1, -0.05) is 39.7 Å².